The second kappa shape index (κ2) is 3.54. The van der Waals surface area contributed by atoms with E-state index in [0.29, 0.717) is 12.0 Å². The van der Waals surface area contributed by atoms with Crippen LogP contribution in [0.25, 0.3) is 0 Å². The van der Waals surface area contributed by atoms with E-state index in [1.807, 2.05) is 0 Å². The highest BCUT2D eigenvalue weighted by molar-refractivity contribution is 5.89. The molecule has 1 aromatic carbocycles. The molecule has 1 aromatic rings. The predicted octanol–water partition coefficient (Wildman–Crippen LogP) is 1.53. The van der Waals surface area contributed by atoms with Crippen LogP contribution >= 0.6 is 0 Å². The molecule has 94 valence electrons. The lowest BCUT2D eigenvalue weighted by Gasteiger charge is -2.22. The molecule has 4 nitrogen and oxygen atoms in total. The van der Waals surface area contributed by atoms with Gasteiger partial charge in [0.15, 0.2) is 0 Å². The maximum absolute atomic E-state index is 13.3. The first kappa shape index (κ1) is 11.2. The van der Waals surface area contributed by atoms with Gasteiger partial charge < -0.3 is 9.47 Å². The minimum atomic E-state index is -1.01. The lowest BCUT2D eigenvalue weighted by Crippen LogP contribution is -2.33. The van der Waals surface area contributed by atoms with Gasteiger partial charge in [0.2, 0.25) is 0 Å². The topological polar surface area (TPSA) is 52.6 Å². The van der Waals surface area contributed by atoms with Crippen LogP contribution in [0.3, 0.4) is 0 Å². The third-order valence-corrected chi connectivity index (χ3v) is 3.70. The van der Waals surface area contributed by atoms with Crippen molar-refractivity contribution in [3.05, 3.63) is 35.1 Å². The highest BCUT2D eigenvalue weighted by Crippen LogP contribution is 2.55. The molecule has 2 aliphatic rings. The number of methoxy groups -OCH3 is 1. The third kappa shape index (κ3) is 1.30. The Hall–Kier alpha value is -1.91. The number of fused-ring (bicyclic) bond motifs is 3. The van der Waals surface area contributed by atoms with Crippen molar-refractivity contribution in [2.75, 3.05) is 7.11 Å². The van der Waals surface area contributed by atoms with Gasteiger partial charge in [0.25, 0.3) is 0 Å². The van der Waals surface area contributed by atoms with E-state index in [2.05, 4.69) is 0 Å². The highest BCUT2D eigenvalue weighted by atomic mass is 19.1. The average Bonchev–Trinajstić information content (AvgIpc) is 2.81. The van der Waals surface area contributed by atoms with Gasteiger partial charge >= 0.3 is 11.9 Å². The quantitative estimate of drug-likeness (QED) is 0.709. The monoisotopic (exact) mass is 250 g/mol. The van der Waals surface area contributed by atoms with E-state index in [-0.39, 0.29) is 6.42 Å². The van der Waals surface area contributed by atoms with Gasteiger partial charge in [-0.25, -0.2) is 4.39 Å². The van der Waals surface area contributed by atoms with Gasteiger partial charge in [-0.2, -0.15) is 0 Å². The van der Waals surface area contributed by atoms with Crippen molar-refractivity contribution in [3.63, 3.8) is 0 Å². The first-order chi connectivity index (χ1) is 8.56. The van der Waals surface area contributed by atoms with E-state index in [1.54, 1.807) is 6.07 Å². The third-order valence-electron chi connectivity index (χ3n) is 3.70. The maximum Gasteiger partial charge on any atom is 0.316 e. The molecule has 0 N–H and O–H groups in total. The molecule has 0 spiro atoms. The summed E-state index contributed by atoms with van der Waals surface area (Å²) < 4.78 is 23.2. The summed E-state index contributed by atoms with van der Waals surface area (Å²) in [4.78, 5) is 23.4. The normalized spacial score (nSPS) is 28.6. The van der Waals surface area contributed by atoms with E-state index >= 15 is 0 Å². The van der Waals surface area contributed by atoms with E-state index < -0.39 is 29.3 Å². The molecule has 1 aliphatic carbocycles. The molecule has 0 aromatic heterocycles. The zero-order chi connectivity index (χ0) is 12.9. The lowest BCUT2D eigenvalue weighted by atomic mass is 9.81. The molecule has 0 radical (unpaired) electrons. The number of benzene rings is 1. The van der Waals surface area contributed by atoms with Crippen LogP contribution in [0, 0.1) is 11.2 Å². The van der Waals surface area contributed by atoms with Crippen molar-refractivity contribution in [1.82, 2.24) is 0 Å². The summed E-state index contributed by atoms with van der Waals surface area (Å²) in [5.74, 6) is -1.33. The highest BCUT2D eigenvalue weighted by Gasteiger charge is 2.60. The van der Waals surface area contributed by atoms with Gasteiger partial charge in [-0.15, -0.1) is 0 Å². The number of carbonyl (C=O) groups is 2. The molecular weight excluding hydrogens is 239 g/mol. The molecule has 2 unspecified atom stereocenters. The van der Waals surface area contributed by atoms with Crippen molar-refractivity contribution >= 4 is 11.9 Å². The molecule has 1 heterocycles. The summed E-state index contributed by atoms with van der Waals surface area (Å²) in [6.45, 7) is 0. The Morgan fingerprint density at radius 2 is 2.28 bits per heavy atom. The van der Waals surface area contributed by atoms with Gasteiger partial charge in [0.1, 0.15) is 17.3 Å². The van der Waals surface area contributed by atoms with E-state index in [9.17, 15) is 14.0 Å². The Balaban J connectivity index is 2.12. The fourth-order valence-corrected chi connectivity index (χ4v) is 2.92. The second-order valence-corrected chi connectivity index (χ2v) is 4.71. The summed E-state index contributed by atoms with van der Waals surface area (Å²) in [6, 6.07) is 4.29. The molecule has 0 saturated carbocycles. The van der Waals surface area contributed by atoms with Crippen LogP contribution in [-0.4, -0.2) is 19.0 Å². The molecule has 3 rings (SSSR count). The summed E-state index contributed by atoms with van der Waals surface area (Å²) in [5.41, 5.74) is 0.396. The Kier molecular flexibility index (Phi) is 2.20. The van der Waals surface area contributed by atoms with E-state index in [4.69, 9.17) is 9.47 Å². The van der Waals surface area contributed by atoms with Gasteiger partial charge in [0, 0.05) is 0 Å². The Morgan fingerprint density at radius 1 is 1.50 bits per heavy atom. The number of rotatable bonds is 1. The Morgan fingerprint density at radius 3 is 3.00 bits per heavy atom. The van der Waals surface area contributed by atoms with Crippen molar-refractivity contribution < 1.29 is 23.5 Å². The van der Waals surface area contributed by atoms with Crippen LogP contribution in [0.5, 0.6) is 0 Å². The van der Waals surface area contributed by atoms with Crippen LogP contribution in [0.4, 0.5) is 4.39 Å². The number of hydrogen-bond donors (Lipinski definition) is 0. The number of halogens is 1. The fraction of sp³-hybridized carbons (Fsp3) is 0.385. The minimum absolute atomic E-state index is 0.0133. The zero-order valence-corrected chi connectivity index (χ0v) is 9.73. The van der Waals surface area contributed by atoms with Crippen LogP contribution in [0.1, 0.15) is 23.7 Å². The molecule has 2 atom stereocenters. The first-order valence-corrected chi connectivity index (χ1v) is 5.63. The van der Waals surface area contributed by atoms with E-state index in [0.717, 1.165) is 5.56 Å². The standard InChI is InChI=1S/C13H11FO4/c1-17-12(16)13-5-7-2-3-8(14)4-9(7)11(13)18-10(15)6-13/h2-4,11H,5-6H2,1H3. The van der Waals surface area contributed by atoms with Gasteiger partial charge in [-0.1, -0.05) is 6.07 Å². The largest absolute Gasteiger partial charge is 0.468 e. The number of ether oxygens (including phenoxy) is 2. The Labute approximate surface area is 103 Å². The van der Waals surface area contributed by atoms with Crippen LogP contribution in [0.15, 0.2) is 18.2 Å². The maximum atomic E-state index is 13.3. The average molecular weight is 250 g/mol. The zero-order valence-electron chi connectivity index (χ0n) is 9.73. The number of esters is 2. The number of hydrogen-bond acceptors (Lipinski definition) is 4. The SMILES string of the molecule is COC(=O)C12CC(=O)OC1c1cc(F)ccc1C2. The summed E-state index contributed by atoms with van der Waals surface area (Å²) in [7, 11) is 1.28. The van der Waals surface area contributed by atoms with Gasteiger partial charge in [-0.3, -0.25) is 9.59 Å². The summed E-state index contributed by atoms with van der Waals surface area (Å²) in [6.07, 6.45) is -0.380. The molecular formula is C13H11FO4. The van der Waals surface area contributed by atoms with E-state index in [1.165, 1.54) is 19.2 Å². The molecule has 0 bridgehead atoms. The van der Waals surface area contributed by atoms with Crippen molar-refractivity contribution in [3.8, 4) is 0 Å². The van der Waals surface area contributed by atoms with Crippen LogP contribution in [0.2, 0.25) is 0 Å². The van der Waals surface area contributed by atoms with Crippen LogP contribution < -0.4 is 0 Å². The molecule has 1 saturated heterocycles. The number of carbonyl (C=O) groups excluding carboxylic acids is 2. The fourth-order valence-electron chi connectivity index (χ4n) is 2.92. The lowest BCUT2D eigenvalue weighted by molar-refractivity contribution is -0.155. The summed E-state index contributed by atoms with van der Waals surface area (Å²) >= 11 is 0. The van der Waals surface area contributed by atoms with Gasteiger partial charge in [-0.05, 0) is 29.7 Å². The van der Waals surface area contributed by atoms with Crippen molar-refractivity contribution in [2.45, 2.75) is 18.9 Å². The molecule has 5 heteroatoms. The molecule has 1 fully saturated rings. The molecule has 18 heavy (non-hydrogen) atoms. The van der Waals surface area contributed by atoms with Crippen molar-refractivity contribution in [1.29, 1.82) is 0 Å². The van der Waals surface area contributed by atoms with Gasteiger partial charge in [0.05, 0.1) is 13.5 Å². The predicted molar refractivity (Wildman–Crippen MR) is 58.0 cm³/mol. The molecule has 1 aliphatic heterocycles. The summed E-state index contributed by atoms with van der Waals surface area (Å²) in [5, 5.41) is 0. The minimum Gasteiger partial charge on any atom is -0.468 e. The smallest absolute Gasteiger partial charge is 0.316 e. The van der Waals surface area contributed by atoms with Crippen molar-refractivity contribution in [2.24, 2.45) is 5.41 Å². The Bertz CT molecular complexity index is 554. The molecule has 0 amide bonds. The first-order valence-electron chi connectivity index (χ1n) is 5.63. The second-order valence-electron chi connectivity index (χ2n) is 4.71. The van der Waals surface area contributed by atoms with Crippen LogP contribution in [-0.2, 0) is 25.5 Å².